The summed E-state index contributed by atoms with van der Waals surface area (Å²) in [5.41, 5.74) is 1.43. The van der Waals surface area contributed by atoms with E-state index in [2.05, 4.69) is 12.2 Å². The molecule has 2 aliphatic heterocycles. The van der Waals surface area contributed by atoms with Gasteiger partial charge in [0.2, 0.25) is 6.79 Å². The maximum Gasteiger partial charge on any atom is 0.278 e. The molecule has 2 aliphatic rings. The van der Waals surface area contributed by atoms with E-state index in [0.717, 1.165) is 24.1 Å². The Balaban J connectivity index is 1.65. The maximum atomic E-state index is 13.0. The second-order valence-corrected chi connectivity index (χ2v) is 7.34. The number of carbonyl (C=O) groups excluding carboxylic acids is 2. The van der Waals surface area contributed by atoms with Gasteiger partial charge in [-0.3, -0.25) is 14.5 Å². The van der Waals surface area contributed by atoms with Crippen LogP contribution in [0.2, 0.25) is 0 Å². The third-order valence-corrected chi connectivity index (χ3v) is 5.45. The second kappa shape index (κ2) is 7.44. The van der Waals surface area contributed by atoms with Gasteiger partial charge in [-0.1, -0.05) is 25.8 Å². The van der Waals surface area contributed by atoms with E-state index in [9.17, 15) is 9.59 Å². The van der Waals surface area contributed by atoms with Gasteiger partial charge in [-0.15, -0.1) is 11.3 Å². The molecule has 0 radical (unpaired) electrons. The van der Waals surface area contributed by atoms with Crippen molar-refractivity contribution < 1.29 is 19.1 Å². The summed E-state index contributed by atoms with van der Waals surface area (Å²) in [6.07, 6.45) is 2.82. The van der Waals surface area contributed by atoms with E-state index in [1.54, 1.807) is 12.1 Å². The lowest BCUT2D eigenvalue weighted by Crippen LogP contribution is -2.33. The highest BCUT2D eigenvalue weighted by Gasteiger charge is 2.39. The van der Waals surface area contributed by atoms with Crippen LogP contribution in [0.3, 0.4) is 0 Å². The molecule has 6 nitrogen and oxygen atoms in total. The van der Waals surface area contributed by atoms with Crippen molar-refractivity contribution in [3.05, 3.63) is 46.3 Å². The fourth-order valence-corrected chi connectivity index (χ4v) is 3.95. The number of benzene rings is 1. The number of hydrogen-bond acceptors (Lipinski definition) is 6. The van der Waals surface area contributed by atoms with E-state index in [0.29, 0.717) is 35.0 Å². The SMILES string of the molecule is CCCCCN1C(=O)C(Nc2ccc3c(c2)OCO3)=C(c2cccs2)C1=O. The molecule has 0 bridgehead atoms. The van der Waals surface area contributed by atoms with Crippen molar-refractivity contribution in [1.82, 2.24) is 4.90 Å². The Morgan fingerprint density at radius 1 is 1.11 bits per heavy atom. The summed E-state index contributed by atoms with van der Waals surface area (Å²) < 4.78 is 10.7. The Kier molecular flexibility index (Phi) is 4.85. The summed E-state index contributed by atoms with van der Waals surface area (Å²) in [6, 6.07) is 9.12. The van der Waals surface area contributed by atoms with Crippen molar-refractivity contribution in [3.63, 3.8) is 0 Å². The average molecular weight is 384 g/mol. The number of rotatable bonds is 7. The van der Waals surface area contributed by atoms with Crippen LogP contribution in [-0.2, 0) is 9.59 Å². The number of hydrogen-bond donors (Lipinski definition) is 1. The summed E-state index contributed by atoms with van der Waals surface area (Å²) in [5.74, 6) is 0.775. The minimum atomic E-state index is -0.280. The summed E-state index contributed by atoms with van der Waals surface area (Å²) in [5, 5.41) is 5.05. The molecular formula is C20H20N2O4S. The van der Waals surface area contributed by atoms with Crippen LogP contribution in [0.4, 0.5) is 5.69 Å². The number of thiophene rings is 1. The van der Waals surface area contributed by atoms with E-state index in [1.165, 1.54) is 16.2 Å². The van der Waals surface area contributed by atoms with Crippen LogP contribution in [0.15, 0.2) is 41.4 Å². The molecule has 2 amide bonds. The monoisotopic (exact) mass is 384 g/mol. The van der Waals surface area contributed by atoms with Gasteiger partial charge in [0.15, 0.2) is 11.5 Å². The molecule has 7 heteroatoms. The Labute approximate surface area is 161 Å². The van der Waals surface area contributed by atoms with Gasteiger partial charge in [-0.25, -0.2) is 0 Å². The lowest BCUT2D eigenvalue weighted by Gasteiger charge is -2.15. The molecule has 1 aromatic heterocycles. The zero-order valence-corrected chi connectivity index (χ0v) is 15.8. The average Bonchev–Trinajstić information content (AvgIpc) is 3.39. The summed E-state index contributed by atoms with van der Waals surface area (Å²) >= 11 is 1.45. The summed E-state index contributed by atoms with van der Waals surface area (Å²) in [4.78, 5) is 28.1. The van der Waals surface area contributed by atoms with E-state index in [-0.39, 0.29) is 18.6 Å². The number of unbranched alkanes of at least 4 members (excludes halogenated alkanes) is 2. The van der Waals surface area contributed by atoms with Gasteiger partial charge in [0.05, 0.1) is 5.57 Å². The first-order valence-electron chi connectivity index (χ1n) is 9.00. The molecular weight excluding hydrogens is 364 g/mol. The predicted octanol–water partition coefficient (Wildman–Crippen LogP) is 3.86. The maximum absolute atomic E-state index is 13.0. The van der Waals surface area contributed by atoms with Crippen molar-refractivity contribution in [3.8, 4) is 11.5 Å². The molecule has 1 aromatic carbocycles. The second-order valence-electron chi connectivity index (χ2n) is 6.39. The first kappa shape index (κ1) is 17.6. The number of imide groups is 1. The molecule has 0 saturated carbocycles. The standard InChI is InChI=1S/C20H20N2O4S/c1-2-3-4-9-22-19(23)17(16-6-5-10-27-16)18(20(22)24)21-13-7-8-14-15(11-13)26-12-25-14/h5-8,10-11,21H,2-4,9,12H2,1H3. The molecule has 1 N–H and O–H groups in total. The van der Waals surface area contributed by atoms with Gasteiger partial charge in [0.1, 0.15) is 5.70 Å². The van der Waals surface area contributed by atoms with Crippen molar-refractivity contribution in [2.24, 2.45) is 0 Å². The molecule has 3 heterocycles. The van der Waals surface area contributed by atoms with Gasteiger partial charge in [0, 0.05) is 23.2 Å². The molecule has 0 atom stereocenters. The first-order valence-corrected chi connectivity index (χ1v) is 9.88. The fourth-order valence-electron chi connectivity index (χ4n) is 3.18. The number of amides is 2. The van der Waals surface area contributed by atoms with E-state index < -0.39 is 0 Å². The number of ether oxygens (including phenoxy) is 2. The molecule has 0 saturated heterocycles. The quantitative estimate of drug-likeness (QED) is 0.580. The smallest absolute Gasteiger partial charge is 0.278 e. The van der Waals surface area contributed by atoms with Crippen molar-refractivity contribution in [1.29, 1.82) is 0 Å². The molecule has 2 aromatic rings. The van der Waals surface area contributed by atoms with Gasteiger partial charge in [0.25, 0.3) is 11.8 Å². The van der Waals surface area contributed by atoms with Gasteiger partial charge < -0.3 is 14.8 Å². The third kappa shape index (κ3) is 3.30. The largest absolute Gasteiger partial charge is 0.454 e. The normalized spacial score (nSPS) is 15.8. The van der Waals surface area contributed by atoms with Crippen LogP contribution in [0, 0.1) is 0 Å². The molecule has 27 heavy (non-hydrogen) atoms. The van der Waals surface area contributed by atoms with Crippen molar-refractivity contribution >= 4 is 34.4 Å². The molecule has 0 aliphatic carbocycles. The Hall–Kier alpha value is -2.80. The van der Waals surface area contributed by atoms with Crippen molar-refractivity contribution in [2.45, 2.75) is 26.2 Å². The zero-order chi connectivity index (χ0) is 18.8. The lowest BCUT2D eigenvalue weighted by molar-refractivity contribution is -0.136. The molecule has 0 unspecified atom stereocenters. The number of nitrogens with zero attached hydrogens (tertiary/aromatic N) is 1. The van der Waals surface area contributed by atoms with Crippen LogP contribution in [0.25, 0.3) is 5.57 Å². The van der Waals surface area contributed by atoms with Crippen LogP contribution >= 0.6 is 11.3 Å². The van der Waals surface area contributed by atoms with E-state index in [1.807, 2.05) is 23.6 Å². The number of nitrogens with one attached hydrogen (secondary N) is 1. The van der Waals surface area contributed by atoms with Crippen LogP contribution in [0.1, 0.15) is 31.1 Å². The van der Waals surface area contributed by atoms with Crippen LogP contribution in [-0.4, -0.2) is 30.1 Å². The zero-order valence-electron chi connectivity index (χ0n) is 15.0. The lowest BCUT2D eigenvalue weighted by atomic mass is 10.2. The minimum absolute atomic E-state index is 0.185. The van der Waals surface area contributed by atoms with Crippen molar-refractivity contribution in [2.75, 3.05) is 18.7 Å². The highest BCUT2D eigenvalue weighted by molar-refractivity contribution is 7.11. The number of anilines is 1. The molecule has 0 fully saturated rings. The highest BCUT2D eigenvalue weighted by Crippen LogP contribution is 2.37. The van der Waals surface area contributed by atoms with Crippen LogP contribution in [0.5, 0.6) is 11.5 Å². The van der Waals surface area contributed by atoms with Gasteiger partial charge in [-0.2, -0.15) is 0 Å². The predicted molar refractivity (Wildman–Crippen MR) is 104 cm³/mol. The van der Waals surface area contributed by atoms with Gasteiger partial charge >= 0.3 is 0 Å². The van der Waals surface area contributed by atoms with E-state index >= 15 is 0 Å². The number of fused-ring (bicyclic) bond motifs is 1. The topological polar surface area (TPSA) is 67.9 Å². The Morgan fingerprint density at radius 2 is 1.96 bits per heavy atom. The number of carbonyl (C=O) groups is 2. The molecule has 0 spiro atoms. The minimum Gasteiger partial charge on any atom is -0.454 e. The Bertz CT molecular complexity index is 905. The van der Waals surface area contributed by atoms with Gasteiger partial charge in [-0.05, 0) is 30.0 Å². The third-order valence-electron chi connectivity index (χ3n) is 4.56. The summed E-state index contributed by atoms with van der Waals surface area (Å²) in [6.45, 7) is 2.72. The molecule has 4 rings (SSSR count). The highest BCUT2D eigenvalue weighted by atomic mass is 32.1. The molecule has 140 valence electrons. The first-order chi connectivity index (χ1) is 13.2. The summed E-state index contributed by atoms with van der Waals surface area (Å²) in [7, 11) is 0. The Morgan fingerprint density at radius 3 is 2.74 bits per heavy atom. The van der Waals surface area contributed by atoms with Crippen LogP contribution < -0.4 is 14.8 Å². The van der Waals surface area contributed by atoms with E-state index in [4.69, 9.17) is 9.47 Å². The fraction of sp³-hybridized carbons (Fsp3) is 0.300.